The van der Waals surface area contributed by atoms with Gasteiger partial charge >= 0.3 is 0 Å². The summed E-state index contributed by atoms with van der Waals surface area (Å²) in [6.07, 6.45) is 0.318. The number of nitrogens with one attached hydrogen (secondary N) is 4. The molecule has 1 aliphatic rings. The highest BCUT2D eigenvalue weighted by molar-refractivity contribution is 6.10. The van der Waals surface area contributed by atoms with E-state index in [9.17, 15) is 14.4 Å². The maximum Gasteiger partial charge on any atom is 0.254 e. The number of aromatic nitrogens is 2. The predicted octanol–water partition coefficient (Wildman–Crippen LogP) is 3.10. The summed E-state index contributed by atoms with van der Waals surface area (Å²) in [5, 5.41) is 8.40. The maximum atomic E-state index is 13.1. The molecule has 4 N–H and O–H groups in total. The van der Waals surface area contributed by atoms with Crippen molar-refractivity contribution in [3.63, 3.8) is 0 Å². The Bertz CT molecular complexity index is 1330. The summed E-state index contributed by atoms with van der Waals surface area (Å²) in [7, 11) is 0. The standard InChI is InChI=1S/C26H23N5O3/c32-23(15-22-26(34)30-18-11-5-4-10-17(18)25(33)31-22)27-21(14-16-8-2-1-3-9-16)24-28-19-12-6-7-13-20(19)29-24/h1-13,21-22H,14-15H2,(H,27,32)(H,28,29)(H,30,34)(H,31,33)/t21-,22+/m0/s1. The summed E-state index contributed by atoms with van der Waals surface area (Å²) in [5.74, 6) is -0.574. The molecule has 8 heteroatoms. The van der Waals surface area contributed by atoms with Crippen LogP contribution in [-0.2, 0) is 16.0 Å². The van der Waals surface area contributed by atoms with Crippen LogP contribution in [0.25, 0.3) is 11.0 Å². The van der Waals surface area contributed by atoms with Gasteiger partial charge in [-0.2, -0.15) is 0 Å². The molecule has 5 rings (SSSR count). The highest BCUT2D eigenvalue weighted by atomic mass is 16.2. The third-order valence-corrected chi connectivity index (χ3v) is 5.80. The van der Waals surface area contributed by atoms with Gasteiger partial charge in [0.2, 0.25) is 11.8 Å². The molecule has 0 bridgehead atoms. The number of para-hydroxylation sites is 3. The Morgan fingerprint density at radius 3 is 2.50 bits per heavy atom. The van der Waals surface area contributed by atoms with Crippen molar-refractivity contribution in [1.82, 2.24) is 20.6 Å². The van der Waals surface area contributed by atoms with Crippen molar-refractivity contribution < 1.29 is 14.4 Å². The first-order chi connectivity index (χ1) is 16.6. The van der Waals surface area contributed by atoms with Gasteiger partial charge in [0, 0.05) is 0 Å². The second-order valence-corrected chi connectivity index (χ2v) is 8.21. The van der Waals surface area contributed by atoms with Crippen molar-refractivity contribution in [2.75, 3.05) is 5.32 Å². The lowest BCUT2D eigenvalue weighted by Gasteiger charge is -2.19. The fraction of sp³-hybridized carbons (Fsp3) is 0.154. The van der Waals surface area contributed by atoms with E-state index in [1.165, 1.54) is 0 Å². The van der Waals surface area contributed by atoms with Gasteiger partial charge in [-0.25, -0.2) is 4.98 Å². The summed E-state index contributed by atoms with van der Waals surface area (Å²) in [6, 6.07) is 22.7. The Morgan fingerprint density at radius 2 is 1.68 bits per heavy atom. The van der Waals surface area contributed by atoms with Crippen LogP contribution >= 0.6 is 0 Å². The van der Waals surface area contributed by atoms with E-state index >= 15 is 0 Å². The lowest BCUT2D eigenvalue weighted by molar-refractivity contribution is -0.126. The van der Waals surface area contributed by atoms with Gasteiger partial charge in [-0.3, -0.25) is 14.4 Å². The number of anilines is 1. The Kier molecular flexibility index (Phi) is 5.78. The summed E-state index contributed by atoms with van der Waals surface area (Å²) in [4.78, 5) is 46.3. The summed E-state index contributed by atoms with van der Waals surface area (Å²) in [5.41, 5.74) is 3.50. The van der Waals surface area contributed by atoms with Gasteiger partial charge in [0.05, 0.1) is 34.7 Å². The van der Waals surface area contributed by atoms with E-state index in [2.05, 4.69) is 25.9 Å². The monoisotopic (exact) mass is 453 g/mol. The van der Waals surface area contributed by atoms with E-state index < -0.39 is 23.9 Å². The number of aromatic amines is 1. The van der Waals surface area contributed by atoms with Crippen LogP contribution < -0.4 is 16.0 Å². The first kappa shape index (κ1) is 21.4. The largest absolute Gasteiger partial charge is 0.346 e. The van der Waals surface area contributed by atoms with Gasteiger partial charge in [-0.15, -0.1) is 0 Å². The molecular formula is C26H23N5O3. The Labute approximate surface area is 195 Å². The Balaban J connectivity index is 1.35. The van der Waals surface area contributed by atoms with Gasteiger partial charge in [0.25, 0.3) is 5.91 Å². The number of hydrogen-bond acceptors (Lipinski definition) is 4. The number of H-pyrrole nitrogens is 1. The van der Waals surface area contributed by atoms with Crippen molar-refractivity contribution in [2.45, 2.75) is 24.9 Å². The predicted molar refractivity (Wildman–Crippen MR) is 128 cm³/mol. The van der Waals surface area contributed by atoms with Gasteiger partial charge in [0.1, 0.15) is 11.9 Å². The Hall–Kier alpha value is -4.46. The molecule has 0 fully saturated rings. The van der Waals surface area contributed by atoms with Crippen molar-refractivity contribution in [2.24, 2.45) is 0 Å². The van der Waals surface area contributed by atoms with Crippen LogP contribution in [0.4, 0.5) is 5.69 Å². The normalized spacial score (nSPS) is 16.2. The number of imidazole rings is 1. The van der Waals surface area contributed by atoms with Crippen LogP contribution in [0.15, 0.2) is 78.9 Å². The molecule has 170 valence electrons. The van der Waals surface area contributed by atoms with Crippen molar-refractivity contribution >= 4 is 34.4 Å². The maximum absolute atomic E-state index is 13.1. The lowest BCUT2D eigenvalue weighted by atomic mass is 10.0. The zero-order valence-electron chi connectivity index (χ0n) is 18.2. The highest BCUT2D eigenvalue weighted by Gasteiger charge is 2.30. The van der Waals surface area contributed by atoms with E-state index in [0.29, 0.717) is 23.5 Å². The molecule has 0 saturated heterocycles. The zero-order valence-corrected chi connectivity index (χ0v) is 18.2. The number of carbonyl (C=O) groups excluding carboxylic acids is 3. The summed E-state index contributed by atoms with van der Waals surface area (Å²) in [6.45, 7) is 0. The molecule has 4 aromatic rings. The van der Waals surface area contributed by atoms with Crippen molar-refractivity contribution in [3.8, 4) is 0 Å². The van der Waals surface area contributed by atoms with E-state index in [4.69, 9.17) is 0 Å². The average Bonchev–Trinajstić information content (AvgIpc) is 3.24. The molecular weight excluding hydrogens is 430 g/mol. The Morgan fingerprint density at radius 1 is 0.941 bits per heavy atom. The first-order valence-corrected chi connectivity index (χ1v) is 11.1. The third kappa shape index (κ3) is 4.52. The van der Waals surface area contributed by atoms with Crippen LogP contribution in [0.5, 0.6) is 0 Å². The molecule has 0 radical (unpaired) electrons. The fourth-order valence-electron chi connectivity index (χ4n) is 4.10. The number of carbonyl (C=O) groups is 3. The minimum Gasteiger partial charge on any atom is -0.346 e. The minimum absolute atomic E-state index is 0.197. The molecule has 3 aromatic carbocycles. The van der Waals surface area contributed by atoms with Gasteiger partial charge in [0.15, 0.2) is 0 Å². The van der Waals surface area contributed by atoms with Crippen molar-refractivity contribution in [1.29, 1.82) is 0 Å². The number of benzene rings is 3. The van der Waals surface area contributed by atoms with E-state index in [1.807, 2.05) is 54.6 Å². The van der Waals surface area contributed by atoms with Gasteiger partial charge in [-0.1, -0.05) is 54.6 Å². The summed E-state index contributed by atoms with van der Waals surface area (Å²) < 4.78 is 0. The summed E-state index contributed by atoms with van der Waals surface area (Å²) >= 11 is 0. The minimum atomic E-state index is -0.993. The van der Waals surface area contributed by atoms with Crippen LogP contribution in [0.3, 0.4) is 0 Å². The lowest BCUT2D eigenvalue weighted by Crippen LogP contribution is -2.45. The second kappa shape index (κ2) is 9.19. The molecule has 3 amide bonds. The second-order valence-electron chi connectivity index (χ2n) is 8.21. The number of hydrogen-bond donors (Lipinski definition) is 4. The quantitative estimate of drug-likeness (QED) is 0.359. The van der Waals surface area contributed by atoms with E-state index in [1.54, 1.807) is 24.3 Å². The van der Waals surface area contributed by atoms with Crippen LogP contribution in [0.1, 0.15) is 34.2 Å². The number of nitrogens with zero attached hydrogens (tertiary/aromatic N) is 1. The van der Waals surface area contributed by atoms with E-state index in [-0.39, 0.29) is 12.3 Å². The molecule has 8 nitrogen and oxygen atoms in total. The smallest absolute Gasteiger partial charge is 0.254 e. The number of fused-ring (bicyclic) bond motifs is 2. The average molecular weight is 454 g/mol. The molecule has 0 aliphatic carbocycles. The molecule has 1 aliphatic heterocycles. The topological polar surface area (TPSA) is 116 Å². The van der Waals surface area contributed by atoms with Crippen LogP contribution in [0.2, 0.25) is 0 Å². The van der Waals surface area contributed by atoms with Crippen LogP contribution in [-0.4, -0.2) is 33.7 Å². The molecule has 34 heavy (non-hydrogen) atoms. The first-order valence-electron chi connectivity index (χ1n) is 11.1. The molecule has 2 heterocycles. The zero-order chi connectivity index (χ0) is 23.5. The van der Waals surface area contributed by atoms with Crippen LogP contribution in [0, 0.1) is 0 Å². The molecule has 0 saturated carbocycles. The molecule has 1 aromatic heterocycles. The highest BCUT2D eigenvalue weighted by Crippen LogP contribution is 2.21. The van der Waals surface area contributed by atoms with Gasteiger partial charge < -0.3 is 20.9 Å². The molecule has 0 spiro atoms. The molecule has 0 unspecified atom stereocenters. The number of rotatable bonds is 6. The van der Waals surface area contributed by atoms with E-state index in [0.717, 1.165) is 16.6 Å². The molecule has 2 atom stereocenters. The van der Waals surface area contributed by atoms with Gasteiger partial charge in [-0.05, 0) is 36.2 Å². The fourth-order valence-corrected chi connectivity index (χ4v) is 4.10. The van der Waals surface area contributed by atoms with Crippen molar-refractivity contribution in [3.05, 3.63) is 95.8 Å². The number of amides is 3. The third-order valence-electron chi connectivity index (χ3n) is 5.80. The SMILES string of the molecule is O=C(C[C@H]1NC(=O)c2ccccc2NC1=O)N[C@@H](Cc1ccccc1)c1nc2ccccc2[nH]1.